The highest BCUT2D eigenvalue weighted by molar-refractivity contribution is 9.10. The number of aromatic nitrogens is 4. The summed E-state index contributed by atoms with van der Waals surface area (Å²) in [5, 5.41) is 4.50. The molecule has 6 nitrogen and oxygen atoms in total. The summed E-state index contributed by atoms with van der Waals surface area (Å²) in [6, 6.07) is 0. The molecule has 0 saturated heterocycles. The Morgan fingerprint density at radius 3 is 2.67 bits per heavy atom. The number of aryl methyl sites for hydroxylation is 1. The van der Waals surface area contributed by atoms with Crippen LogP contribution in [0.3, 0.4) is 0 Å². The van der Waals surface area contributed by atoms with E-state index in [4.69, 9.17) is 4.74 Å². The van der Waals surface area contributed by atoms with Crippen LogP contribution in [0.1, 0.15) is 32.2 Å². The summed E-state index contributed by atoms with van der Waals surface area (Å²) in [7, 11) is 3.42. The molecule has 0 aliphatic heterocycles. The summed E-state index contributed by atoms with van der Waals surface area (Å²) in [6.07, 6.45) is 1.86. The molecule has 2 aromatic rings. The standard InChI is InChI=1S/C14H19BrN4O2/c1-14(2,3)11-8(6-19(4)18-11)12-16-9(7-21-5)10(15)13(20)17-12/h6H,7H2,1-5H3,(H,16,17,20). The highest BCUT2D eigenvalue weighted by Gasteiger charge is 2.24. The average Bonchev–Trinajstić information content (AvgIpc) is 2.77. The molecule has 1 N–H and O–H groups in total. The van der Waals surface area contributed by atoms with Crippen molar-refractivity contribution in [3.63, 3.8) is 0 Å². The normalized spacial score (nSPS) is 11.9. The minimum absolute atomic E-state index is 0.149. The van der Waals surface area contributed by atoms with E-state index in [1.165, 1.54) is 0 Å². The van der Waals surface area contributed by atoms with E-state index in [1.54, 1.807) is 11.8 Å². The summed E-state index contributed by atoms with van der Waals surface area (Å²) < 4.78 is 7.22. The van der Waals surface area contributed by atoms with Crippen molar-refractivity contribution in [2.45, 2.75) is 32.8 Å². The molecule has 0 fully saturated rings. The predicted molar refractivity (Wildman–Crippen MR) is 84.2 cm³/mol. The zero-order valence-corrected chi connectivity index (χ0v) is 14.4. The van der Waals surface area contributed by atoms with Gasteiger partial charge in [0.15, 0.2) is 0 Å². The third kappa shape index (κ3) is 3.24. The van der Waals surface area contributed by atoms with E-state index in [9.17, 15) is 4.79 Å². The van der Waals surface area contributed by atoms with Gasteiger partial charge in [-0.1, -0.05) is 20.8 Å². The van der Waals surface area contributed by atoms with Gasteiger partial charge in [-0.15, -0.1) is 0 Å². The van der Waals surface area contributed by atoms with Gasteiger partial charge in [-0.3, -0.25) is 9.48 Å². The van der Waals surface area contributed by atoms with Gasteiger partial charge < -0.3 is 9.72 Å². The molecule has 0 aromatic carbocycles. The molecule has 0 spiro atoms. The average molecular weight is 355 g/mol. The van der Waals surface area contributed by atoms with Gasteiger partial charge in [-0.25, -0.2) is 4.98 Å². The number of nitrogens with zero attached hydrogens (tertiary/aromatic N) is 3. The number of hydrogen-bond donors (Lipinski definition) is 1. The van der Waals surface area contributed by atoms with Crippen LogP contribution in [0, 0.1) is 0 Å². The minimum atomic E-state index is -0.226. The Balaban J connectivity index is 2.65. The molecule has 0 aliphatic carbocycles. The predicted octanol–water partition coefficient (Wildman–Crippen LogP) is 2.38. The lowest BCUT2D eigenvalue weighted by Crippen LogP contribution is -2.17. The minimum Gasteiger partial charge on any atom is -0.378 e. The Bertz CT molecular complexity index is 713. The van der Waals surface area contributed by atoms with Crippen LogP contribution in [0.2, 0.25) is 0 Å². The van der Waals surface area contributed by atoms with Crippen LogP contribution in [0.5, 0.6) is 0 Å². The fourth-order valence-corrected chi connectivity index (χ4v) is 2.38. The summed E-state index contributed by atoms with van der Waals surface area (Å²) >= 11 is 3.24. The topological polar surface area (TPSA) is 72.8 Å². The molecule has 0 bridgehead atoms. The second-order valence-electron chi connectivity index (χ2n) is 5.92. The van der Waals surface area contributed by atoms with Crippen LogP contribution in [-0.2, 0) is 23.8 Å². The molecule has 7 heteroatoms. The van der Waals surface area contributed by atoms with Crippen molar-refractivity contribution in [3.8, 4) is 11.4 Å². The highest BCUT2D eigenvalue weighted by atomic mass is 79.9. The molecule has 2 rings (SSSR count). The molecule has 0 unspecified atom stereocenters. The smallest absolute Gasteiger partial charge is 0.265 e. The Morgan fingerprint density at radius 1 is 1.43 bits per heavy atom. The van der Waals surface area contributed by atoms with E-state index in [-0.39, 0.29) is 17.6 Å². The Kier molecular flexibility index (Phi) is 4.34. The van der Waals surface area contributed by atoms with E-state index in [0.29, 0.717) is 16.0 Å². The number of aromatic amines is 1. The fraction of sp³-hybridized carbons (Fsp3) is 0.500. The first-order valence-corrected chi connectivity index (χ1v) is 7.35. The second-order valence-corrected chi connectivity index (χ2v) is 6.72. The zero-order chi connectivity index (χ0) is 15.8. The molecule has 0 radical (unpaired) electrons. The molecule has 0 aliphatic rings. The number of hydrogen-bond acceptors (Lipinski definition) is 4. The summed E-state index contributed by atoms with van der Waals surface area (Å²) in [6.45, 7) is 6.49. The molecule has 21 heavy (non-hydrogen) atoms. The lowest BCUT2D eigenvalue weighted by molar-refractivity contribution is 0.180. The first kappa shape index (κ1) is 15.9. The number of halogens is 1. The number of H-pyrrole nitrogens is 1. The summed E-state index contributed by atoms with van der Waals surface area (Å²) in [5.41, 5.74) is 1.91. The van der Waals surface area contributed by atoms with E-state index in [1.807, 2.05) is 13.2 Å². The van der Waals surface area contributed by atoms with Gasteiger partial charge in [-0.2, -0.15) is 5.10 Å². The molecule has 0 amide bonds. The van der Waals surface area contributed by atoms with Crippen molar-refractivity contribution in [1.29, 1.82) is 0 Å². The second kappa shape index (κ2) is 5.73. The van der Waals surface area contributed by atoms with Gasteiger partial charge in [0.1, 0.15) is 10.3 Å². The monoisotopic (exact) mass is 354 g/mol. The third-order valence-corrected chi connectivity index (χ3v) is 3.82. The molecule has 0 atom stereocenters. The van der Waals surface area contributed by atoms with Gasteiger partial charge in [0, 0.05) is 25.8 Å². The van der Waals surface area contributed by atoms with Crippen molar-refractivity contribution in [1.82, 2.24) is 19.7 Å². The van der Waals surface area contributed by atoms with E-state index < -0.39 is 0 Å². The maximum atomic E-state index is 12.1. The largest absolute Gasteiger partial charge is 0.378 e. The van der Waals surface area contributed by atoms with Crippen LogP contribution in [0.4, 0.5) is 0 Å². The van der Waals surface area contributed by atoms with E-state index in [2.05, 4.69) is 51.8 Å². The molecule has 2 heterocycles. The first-order chi connectivity index (χ1) is 9.74. The number of methoxy groups -OCH3 is 1. The molecule has 114 valence electrons. The molecular formula is C14H19BrN4O2. The molecular weight excluding hydrogens is 336 g/mol. The van der Waals surface area contributed by atoms with Crippen LogP contribution in [0.25, 0.3) is 11.4 Å². The first-order valence-electron chi connectivity index (χ1n) is 6.56. The number of nitrogens with one attached hydrogen (secondary N) is 1. The third-order valence-electron chi connectivity index (χ3n) is 3.01. The summed E-state index contributed by atoms with van der Waals surface area (Å²) in [5.74, 6) is 0.508. The lowest BCUT2D eigenvalue weighted by Gasteiger charge is -2.17. The van der Waals surface area contributed by atoms with Crippen LogP contribution >= 0.6 is 15.9 Å². The van der Waals surface area contributed by atoms with Gasteiger partial charge in [0.05, 0.1) is 23.6 Å². The van der Waals surface area contributed by atoms with Crippen molar-refractivity contribution in [2.75, 3.05) is 7.11 Å². The maximum absolute atomic E-state index is 12.1. The quantitative estimate of drug-likeness (QED) is 0.918. The highest BCUT2D eigenvalue weighted by Crippen LogP contribution is 2.30. The molecule has 0 saturated carbocycles. The fourth-order valence-electron chi connectivity index (χ4n) is 2.08. The van der Waals surface area contributed by atoms with Gasteiger partial charge in [0.2, 0.25) is 0 Å². The Morgan fingerprint density at radius 2 is 2.10 bits per heavy atom. The van der Waals surface area contributed by atoms with Crippen LogP contribution < -0.4 is 5.56 Å². The van der Waals surface area contributed by atoms with E-state index >= 15 is 0 Å². The maximum Gasteiger partial charge on any atom is 0.265 e. The zero-order valence-electron chi connectivity index (χ0n) is 12.8. The van der Waals surface area contributed by atoms with Crippen molar-refractivity contribution >= 4 is 15.9 Å². The molecule has 2 aromatic heterocycles. The Labute approximate surface area is 131 Å². The number of ether oxygens (including phenoxy) is 1. The Hall–Kier alpha value is -1.47. The summed E-state index contributed by atoms with van der Waals surface area (Å²) in [4.78, 5) is 19.3. The van der Waals surface area contributed by atoms with Crippen molar-refractivity contribution < 1.29 is 4.74 Å². The van der Waals surface area contributed by atoms with Crippen molar-refractivity contribution in [2.24, 2.45) is 7.05 Å². The van der Waals surface area contributed by atoms with Gasteiger partial charge in [0.25, 0.3) is 5.56 Å². The van der Waals surface area contributed by atoms with Crippen LogP contribution in [-0.4, -0.2) is 26.9 Å². The number of rotatable bonds is 3. The van der Waals surface area contributed by atoms with Crippen LogP contribution in [0.15, 0.2) is 15.5 Å². The van der Waals surface area contributed by atoms with Gasteiger partial charge >= 0.3 is 0 Å². The van der Waals surface area contributed by atoms with E-state index in [0.717, 1.165) is 11.3 Å². The van der Waals surface area contributed by atoms with Gasteiger partial charge in [-0.05, 0) is 15.9 Å². The van der Waals surface area contributed by atoms with Crippen molar-refractivity contribution in [3.05, 3.63) is 32.4 Å². The SMILES string of the molecule is COCc1nc(-c2cn(C)nc2C(C)(C)C)[nH]c(=O)c1Br. The lowest BCUT2D eigenvalue weighted by atomic mass is 9.89.